The minimum absolute atomic E-state index is 0.553. The summed E-state index contributed by atoms with van der Waals surface area (Å²) in [7, 11) is 0. The minimum atomic E-state index is 0.553. The van der Waals surface area contributed by atoms with Gasteiger partial charge in [-0.15, -0.1) is 0 Å². The van der Waals surface area contributed by atoms with Crippen molar-refractivity contribution in [3.63, 3.8) is 0 Å². The lowest BCUT2D eigenvalue weighted by Crippen LogP contribution is -2.37. The molecule has 0 aromatic heterocycles. The van der Waals surface area contributed by atoms with Crippen molar-refractivity contribution in [1.82, 2.24) is 4.90 Å². The maximum absolute atomic E-state index is 5.95. The third kappa shape index (κ3) is 4.46. The third-order valence-electron chi connectivity index (χ3n) is 4.49. The highest BCUT2D eigenvalue weighted by Gasteiger charge is 2.09. The first-order chi connectivity index (χ1) is 11.2. The van der Waals surface area contributed by atoms with E-state index in [1.165, 1.54) is 16.3 Å². The van der Waals surface area contributed by atoms with E-state index in [1.807, 2.05) is 0 Å². The summed E-state index contributed by atoms with van der Waals surface area (Å²) in [5.41, 5.74) is 1.38. The number of nitrogens with zero attached hydrogens (tertiary/aromatic N) is 1. The fourth-order valence-corrected chi connectivity index (χ4v) is 3.00. The Morgan fingerprint density at radius 1 is 1.04 bits per heavy atom. The average molecular weight is 313 g/mol. The van der Waals surface area contributed by atoms with E-state index >= 15 is 0 Å². The van der Waals surface area contributed by atoms with Crippen LogP contribution in [-0.2, 0) is 4.74 Å². The normalized spacial score (nSPS) is 16.1. The lowest BCUT2D eigenvalue weighted by atomic mass is 9.99. The fourth-order valence-electron chi connectivity index (χ4n) is 3.00. The summed E-state index contributed by atoms with van der Waals surface area (Å²) < 4.78 is 11.3. The van der Waals surface area contributed by atoms with E-state index in [9.17, 15) is 0 Å². The van der Waals surface area contributed by atoms with Crippen molar-refractivity contribution in [3.8, 4) is 5.75 Å². The zero-order valence-electron chi connectivity index (χ0n) is 14.3. The molecule has 3 nitrogen and oxygen atoms in total. The molecule has 1 fully saturated rings. The van der Waals surface area contributed by atoms with E-state index in [1.54, 1.807) is 0 Å². The number of hydrogen-bond acceptors (Lipinski definition) is 3. The first-order valence-electron chi connectivity index (χ1n) is 8.69. The Hall–Kier alpha value is -1.58. The number of hydrogen-bond donors (Lipinski definition) is 0. The Morgan fingerprint density at radius 2 is 1.83 bits per heavy atom. The molecule has 2 aromatic carbocycles. The molecule has 1 saturated heterocycles. The van der Waals surface area contributed by atoms with Crippen LogP contribution >= 0.6 is 0 Å². The summed E-state index contributed by atoms with van der Waals surface area (Å²) in [6.45, 7) is 10.1. The Balaban J connectivity index is 1.55. The molecule has 3 rings (SSSR count). The van der Waals surface area contributed by atoms with E-state index < -0.39 is 0 Å². The molecular formula is C20H27NO2. The molecule has 1 heterocycles. The van der Waals surface area contributed by atoms with Gasteiger partial charge in [-0.2, -0.15) is 0 Å². The molecule has 0 N–H and O–H groups in total. The minimum Gasteiger partial charge on any atom is -0.494 e. The van der Waals surface area contributed by atoms with Crippen molar-refractivity contribution < 1.29 is 9.47 Å². The maximum atomic E-state index is 5.95. The van der Waals surface area contributed by atoms with Crippen molar-refractivity contribution in [1.29, 1.82) is 0 Å². The Bertz CT molecular complexity index is 633. The topological polar surface area (TPSA) is 21.7 Å². The summed E-state index contributed by atoms with van der Waals surface area (Å²) in [5.74, 6) is 1.53. The molecule has 0 radical (unpaired) electrons. The highest BCUT2D eigenvalue weighted by molar-refractivity contribution is 5.84. The van der Waals surface area contributed by atoms with Crippen LogP contribution in [0.4, 0.5) is 0 Å². The summed E-state index contributed by atoms with van der Waals surface area (Å²) in [4.78, 5) is 2.45. The fraction of sp³-hybridized carbons (Fsp3) is 0.500. The first kappa shape index (κ1) is 16.3. The second-order valence-electron chi connectivity index (χ2n) is 6.58. The highest BCUT2D eigenvalue weighted by Crippen LogP contribution is 2.25. The van der Waals surface area contributed by atoms with Gasteiger partial charge in [0, 0.05) is 19.6 Å². The van der Waals surface area contributed by atoms with Crippen molar-refractivity contribution in [3.05, 3.63) is 42.0 Å². The van der Waals surface area contributed by atoms with Crippen LogP contribution in [0.2, 0.25) is 0 Å². The van der Waals surface area contributed by atoms with Crippen molar-refractivity contribution in [2.24, 2.45) is 0 Å². The number of ether oxygens (including phenoxy) is 2. The Kier molecular flexibility index (Phi) is 5.52. The monoisotopic (exact) mass is 313 g/mol. The molecule has 1 aliphatic heterocycles. The van der Waals surface area contributed by atoms with Crippen molar-refractivity contribution in [2.45, 2.75) is 26.2 Å². The zero-order valence-corrected chi connectivity index (χ0v) is 14.3. The first-order valence-corrected chi connectivity index (χ1v) is 8.69. The van der Waals surface area contributed by atoms with Crippen LogP contribution in [0.1, 0.15) is 31.7 Å². The summed E-state index contributed by atoms with van der Waals surface area (Å²) in [6, 6.07) is 13.1. The van der Waals surface area contributed by atoms with Crippen LogP contribution in [-0.4, -0.2) is 44.4 Å². The molecule has 0 unspecified atom stereocenters. The van der Waals surface area contributed by atoms with Gasteiger partial charge in [0.05, 0.1) is 19.8 Å². The van der Waals surface area contributed by atoms with E-state index in [0.29, 0.717) is 5.92 Å². The molecule has 124 valence electrons. The third-order valence-corrected chi connectivity index (χ3v) is 4.49. The second-order valence-corrected chi connectivity index (χ2v) is 6.58. The molecule has 3 heteroatoms. The van der Waals surface area contributed by atoms with Crippen molar-refractivity contribution >= 4 is 10.8 Å². The molecule has 1 aliphatic rings. The van der Waals surface area contributed by atoms with Gasteiger partial charge in [-0.05, 0) is 40.8 Å². The van der Waals surface area contributed by atoms with Gasteiger partial charge in [-0.1, -0.05) is 38.1 Å². The maximum Gasteiger partial charge on any atom is 0.119 e. The molecule has 0 aliphatic carbocycles. The standard InChI is InChI=1S/C20H27NO2/c1-16(2)18-5-4-17-6-7-20(15-19(17)14-18)23-11-3-8-21-9-12-22-13-10-21/h4-7,14-16H,3,8-13H2,1-2H3. The smallest absolute Gasteiger partial charge is 0.119 e. The van der Waals surface area contributed by atoms with Crippen LogP contribution in [0.25, 0.3) is 10.8 Å². The van der Waals surface area contributed by atoms with E-state index in [4.69, 9.17) is 9.47 Å². The lowest BCUT2D eigenvalue weighted by molar-refractivity contribution is 0.0358. The molecule has 0 atom stereocenters. The number of morpholine rings is 1. The molecular weight excluding hydrogens is 286 g/mol. The molecule has 23 heavy (non-hydrogen) atoms. The van der Waals surface area contributed by atoms with Gasteiger partial charge in [0.2, 0.25) is 0 Å². The summed E-state index contributed by atoms with van der Waals surface area (Å²) >= 11 is 0. The SMILES string of the molecule is CC(C)c1ccc2ccc(OCCCN3CCOCC3)cc2c1. The van der Waals surface area contributed by atoms with E-state index in [-0.39, 0.29) is 0 Å². The second kappa shape index (κ2) is 7.80. The van der Waals surface area contributed by atoms with E-state index in [2.05, 4.69) is 55.1 Å². The predicted molar refractivity (Wildman–Crippen MR) is 95.4 cm³/mol. The van der Waals surface area contributed by atoms with Gasteiger partial charge in [-0.3, -0.25) is 4.90 Å². The number of benzene rings is 2. The van der Waals surface area contributed by atoms with Crippen LogP contribution in [0.5, 0.6) is 5.75 Å². The highest BCUT2D eigenvalue weighted by atomic mass is 16.5. The molecule has 0 bridgehead atoms. The quantitative estimate of drug-likeness (QED) is 0.751. The lowest BCUT2D eigenvalue weighted by Gasteiger charge is -2.26. The largest absolute Gasteiger partial charge is 0.494 e. The molecule has 0 spiro atoms. The molecule has 0 saturated carbocycles. The summed E-state index contributed by atoms with van der Waals surface area (Å²) in [6.07, 6.45) is 1.06. The average Bonchev–Trinajstić information content (AvgIpc) is 2.59. The van der Waals surface area contributed by atoms with Gasteiger partial charge in [0.1, 0.15) is 5.75 Å². The predicted octanol–water partition coefficient (Wildman–Crippen LogP) is 4.06. The van der Waals surface area contributed by atoms with Crippen molar-refractivity contribution in [2.75, 3.05) is 39.5 Å². The van der Waals surface area contributed by atoms with Crippen LogP contribution < -0.4 is 4.74 Å². The zero-order chi connectivity index (χ0) is 16.1. The van der Waals surface area contributed by atoms with E-state index in [0.717, 1.165) is 51.6 Å². The van der Waals surface area contributed by atoms with Crippen LogP contribution in [0.3, 0.4) is 0 Å². The molecule has 0 amide bonds. The number of fused-ring (bicyclic) bond motifs is 1. The van der Waals surface area contributed by atoms with Gasteiger partial charge >= 0.3 is 0 Å². The molecule has 2 aromatic rings. The van der Waals surface area contributed by atoms with Crippen LogP contribution in [0.15, 0.2) is 36.4 Å². The number of rotatable bonds is 6. The Morgan fingerprint density at radius 3 is 2.61 bits per heavy atom. The van der Waals surface area contributed by atoms with Gasteiger partial charge in [0.15, 0.2) is 0 Å². The van der Waals surface area contributed by atoms with Gasteiger partial charge < -0.3 is 9.47 Å². The Labute approximate surface area is 139 Å². The summed E-state index contributed by atoms with van der Waals surface area (Å²) in [5, 5.41) is 2.54. The van der Waals surface area contributed by atoms with Gasteiger partial charge in [-0.25, -0.2) is 0 Å². The van der Waals surface area contributed by atoms with Crippen LogP contribution in [0, 0.1) is 0 Å². The van der Waals surface area contributed by atoms with Gasteiger partial charge in [0.25, 0.3) is 0 Å².